The zero-order chi connectivity index (χ0) is 39.5. The summed E-state index contributed by atoms with van der Waals surface area (Å²) >= 11 is 0. The number of azide groups is 1. The van der Waals surface area contributed by atoms with Crippen LogP contribution in [0.1, 0.15) is 57.4 Å². The number of aliphatic hydroxyl groups is 4. The van der Waals surface area contributed by atoms with Gasteiger partial charge < -0.3 is 63.6 Å². The molecule has 4 unspecified atom stereocenters. The van der Waals surface area contributed by atoms with E-state index in [0.29, 0.717) is 38.0 Å². The lowest BCUT2D eigenvalue weighted by atomic mass is 9.99. The van der Waals surface area contributed by atoms with Gasteiger partial charge in [0, 0.05) is 51.4 Å². The molecule has 2 aliphatic heterocycles. The molecule has 2 heterocycles. The molecular weight excluding hydrogens is 716 g/mol. The van der Waals surface area contributed by atoms with Crippen LogP contribution in [0.4, 0.5) is 0 Å². The second-order valence-corrected chi connectivity index (χ2v) is 12.9. The van der Waals surface area contributed by atoms with Gasteiger partial charge in [0.2, 0.25) is 5.91 Å². The highest BCUT2D eigenvalue weighted by atomic mass is 16.7. The second-order valence-electron chi connectivity index (χ2n) is 12.9. The van der Waals surface area contributed by atoms with Gasteiger partial charge in [-0.1, -0.05) is 23.7 Å². The quantitative estimate of drug-likeness (QED) is 0.0339. The van der Waals surface area contributed by atoms with Gasteiger partial charge in [-0.25, -0.2) is 4.79 Å². The van der Waals surface area contributed by atoms with E-state index in [0.717, 1.165) is 5.56 Å². The maximum Gasteiger partial charge on any atom is 0.328 e. The fourth-order valence-electron chi connectivity index (χ4n) is 5.86. The lowest BCUT2D eigenvalue weighted by Crippen LogP contribution is -2.60. The van der Waals surface area contributed by atoms with E-state index in [4.69, 9.17) is 43.4 Å². The van der Waals surface area contributed by atoms with Crippen molar-refractivity contribution in [3.8, 4) is 5.75 Å². The minimum Gasteiger partial charge on any atom is -0.494 e. The van der Waals surface area contributed by atoms with Gasteiger partial charge in [0.25, 0.3) is 0 Å². The third kappa shape index (κ3) is 14.6. The number of unbranched alkanes of at least 4 members (excludes halogenated alkanes) is 2. The lowest BCUT2D eigenvalue weighted by Gasteiger charge is -2.41. The van der Waals surface area contributed by atoms with E-state index < -0.39 is 73.3 Å². The molecule has 0 saturated carbocycles. The van der Waals surface area contributed by atoms with Gasteiger partial charge in [-0.05, 0) is 49.4 Å². The molecular formula is C35H54N4O15. The fraction of sp³-hybridized carbons (Fsp3) is 0.743. The van der Waals surface area contributed by atoms with Crippen molar-refractivity contribution in [3.05, 3.63) is 40.3 Å². The van der Waals surface area contributed by atoms with Crippen LogP contribution in [0.25, 0.3) is 10.4 Å². The number of methoxy groups -OCH3 is 2. The van der Waals surface area contributed by atoms with E-state index in [1.165, 1.54) is 14.2 Å². The smallest absolute Gasteiger partial charge is 0.328 e. The number of carbonyl (C=O) groups is 3. The molecule has 2 aliphatic rings. The maximum absolute atomic E-state index is 12.7. The van der Waals surface area contributed by atoms with Crippen molar-refractivity contribution < 1.29 is 72.7 Å². The summed E-state index contributed by atoms with van der Waals surface area (Å²) in [5, 5.41) is 47.6. The van der Waals surface area contributed by atoms with Crippen molar-refractivity contribution in [2.24, 2.45) is 5.11 Å². The number of esters is 2. The van der Waals surface area contributed by atoms with Crippen molar-refractivity contribution >= 4 is 17.8 Å². The molecule has 1 aromatic rings. The molecule has 0 bridgehead atoms. The molecule has 0 radical (unpaired) electrons. The third-order valence-electron chi connectivity index (χ3n) is 8.73. The second kappa shape index (κ2) is 24.0. The largest absolute Gasteiger partial charge is 0.494 e. The van der Waals surface area contributed by atoms with Crippen molar-refractivity contribution in [2.75, 3.05) is 47.2 Å². The Kier molecular flexibility index (Phi) is 19.9. The summed E-state index contributed by atoms with van der Waals surface area (Å²) in [6.45, 7) is 2.17. The van der Waals surface area contributed by atoms with Gasteiger partial charge in [0.1, 0.15) is 48.4 Å². The number of rotatable bonds is 23. The Labute approximate surface area is 313 Å². The van der Waals surface area contributed by atoms with Crippen LogP contribution in [0, 0.1) is 0 Å². The van der Waals surface area contributed by atoms with Crippen LogP contribution in [0.5, 0.6) is 5.75 Å². The summed E-state index contributed by atoms with van der Waals surface area (Å²) in [5.41, 5.74) is 9.11. The first-order valence-electron chi connectivity index (χ1n) is 18.1. The highest BCUT2D eigenvalue weighted by Gasteiger charge is 2.46. The van der Waals surface area contributed by atoms with E-state index in [-0.39, 0.29) is 58.0 Å². The maximum atomic E-state index is 12.7. The van der Waals surface area contributed by atoms with Crippen LogP contribution in [-0.4, -0.2) is 147 Å². The summed E-state index contributed by atoms with van der Waals surface area (Å²) < 4.78 is 43.6. The standard InChI is InChI=1S/C35H54N4O15/c1-4-49-33(46)24(38-27(40)9-6-5-7-15-37-39-36)17-21-11-13-22(14-12-21)50-16-8-10-28(41)53-25-18-23(52-34(48-3)30(25)43)19-51-35-32(45)31(44)29(42)26(54-35)20-47-2/h11-14,23-26,29-32,34-35,42-45H,4-10,15-20H2,1-3H3,(H,38,40)/t23?,24-,25-,26?,29+,30?,31-,32?,34-,35-/m0/s1. The Balaban J connectivity index is 1.43. The predicted octanol–water partition coefficient (Wildman–Crippen LogP) is 0.811. The number of amides is 1. The molecule has 0 aliphatic carbocycles. The van der Waals surface area contributed by atoms with Gasteiger partial charge in [0.15, 0.2) is 12.6 Å². The average molecular weight is 771 g/mol. The molecule has 1 amide bonds. The monoisotopic (exact) mass is 770 g/mol. The fourth-order valence-corrected chi connectivity index (χ4v) is 5.86. The van der Waals surface area contributed by atoms with E-state index in [1.807, 2.05) is 0 Å². The SMILES string of the molecule is CCOC(=O)[C@H](Cc1ccc(OCCCC(=O)O[C@H]2CC(CO[C@H]3OC(COC)[C@@H](O)[C@H](O)C3O)O[C@H](OC)C2O)cc1)NC(=O)CCCCCN=[N+]=[N-]. The highest BCUT2D eigenvalue weighted by Crippen LogP contribution is 2.27. The summed E-state index contributed by atoms with van der Waals surface area (Å²) in [5.74, 6) is -0.873. The number of hydrogen-bond acceptors (Lipinski definition) is 16. The third-order valence-corrected chi connectivity index (χ3v) is 8.73. The predicted molar refractivity (Wildman–Crippen MR) is 187 cm³/mol. The molecule has 0 spiro atoms. The molecule has 304 valence electrons. The van der Waals surface area contributed by atoms with Gasteiger partial charge in [-0.15, -0.1) is 0 Å². The van der Waals surface area contributed by atoms with E-state index in [1.54, 1.807) is 31.2 Å². The Morgan fingerprint density at radius 2 is 1.70 bits per heavy atom. The van der Waals surface area contributed by atoms with Crippen molar-refractivity contribution in [1.29, 1.82) is 0 Å². The Morgan fingerprint density at radius 3 is 2.39 bits per heavy atom. The van der Waals surface area contributed by atoms with Crippen LogP contribution in [0.3, 0.4) is 0 Å². The lowest BCUT2D eigenvalue weighted by molar-refractivity contribution is -0.318. The Morgan fingerprint density at radius 1 is 0.944 bits per heavy atom. The molecule has 1 aromatic carbocycles. The molecule has 54 heavy (non-hydrogen) atoms. The number of ether oxygens (including phenoxy) is 8. The van der Waals surface area contributed by atoms with Gasteiger partial charge in [-0.3, -0.25) is 9.59 Å². The van der Waals surface area contributed by atoms with Crippen molar-refractivity contribution in [1.82, 2.24) is 5.32 Å². The molecule has 3 rings (SSSR count). The van der Waals surface area contributed by atoms with Gasteiger partial charge >= 0.3 is 11.9 Å². The van der Waals surface area contributed by atoms with Crippen LogP contribution < -0.4 is 10.1 Å². The summed E-state index contributed by atoms with van der Waals surface area (Å²) in [7, 11) is 2.71. The number of nitrogens with zero attached hydrogens (tertiary/aromatic N) is 3. The summed E-state index contributed by atoms with van der Waals surface area (Å²) in [4.78, 5) is 40.5. The molecule has 2 fully saturated rings. The molecule has 2 saturated heterocycles. The highest BCUT2D eigenvalue weighted by molar-refractivity contribution is 5.84. The zero-order valence-corrected chi connectivity index (χ0v) is 30.9. The first-order chi connectivity index (χ1) is 26.0. The summed E-state index contributed by atoms with van der Waals surface area (Å²) in [6, 6.07) is 6.09. The molecule has 0 aromatic heterocycles. The van der Waals surface area contributed by atoms with Gasteiger partial charge in [-0.2, -0.15) is 0 Å². The average Bonchev–Trinajstić information content (AvgIpc) is 3.16. The van der Waals surface area contributed by atoms with Crippen LogP contribution >= 0.6 is 0 Å². The summed E-state index contributed by atoms with van der Waals surface area (Å²) in [6.07, 6.45) is -8.18. The van der Waals surface area contributed by atoms with Crippen molar-refractivity contribution in [3.63, 3.8) is 0 Å². The first kappa shape index (κ1) is 44.8. The normalized spacial score (nSPS) is 27.3. The number of carbonyl (C=O) groups excluding carboxylic acids is 3. The molecule has 19 nitrogen and oxygen atoms in total. The minimum atomic E-state index is -1.55. The van der Waals surface area contributed by atoms with E-state index >= 15 is 0 Å². The van der Waals surface area contributed by atoms with Crippen LogP contribution in [0.15, 0.2) is 29.4 Å². The number of nitrogens with one attached hydrogen (secondary N) is 1. The van der Waals surface area contributed by atoms with Crippen molar-refractivity contribution in [2.45, 2.75) is 120 Å². The molecule has 5 N–H and O–H groups in total. The van der Waals surface area contributed by atoms with Gasteiger partial charge in [0.05, 0.1) is 32.5 Å². The van der Waals surface area contributed by atoms with Crippen LogP contribution in [0.2, 0.25) is 0 Å². The number of benzene rings is 1. The zero-order valence-electron chi connectivity index (χ0n) is 30.9. The minimum absolute atomic E-state index is 0.0150. The molecule has 19 heteroatoms. The first-order valence-corrected chi connectivity index (χ1v) is 18.1. The Hall–Kier alpha value is -3.62. The Bertz CT molecular complexity index is 1330. The van der Waals surface area contributed by atoms with E-state index in [2.05, 4.69) is 15.3 Å². The molecule has 10 atom stereocenters. The van der Waals surface area contributed by atoms with E-state index in [9.17, 15) is 34.8 Å². The number of aliphatic hydroxyl groups excluding tert-OH is 4. The van der Waals surface area contributed by atoms with Crippen LogP contribution in [-0.2, 0) is 54.0 Å². The number of hydrogen-bond donors (Lipinski definition) is 5. The topological polar surface area (TPSA) is 267 Å².